The second-order valence-corrected chi connectivity index (χ2v) is 6.68. The first-order valence-corrected chi connectivity index (χ1v) is 8.31. The Hall–Kier alpha value is -0.380. The molecule has 1 saturated carbocycles. The van der Waals surface area contributed by atoms with Crippen LogP contribution in [0.25, 0.3) is 0 Å². The van der Waals surface area contributed by atoms with Crippen LogP contribution in [0.4, 0.5) is 0 Å². The molecule has 0 amide bonds. The van der Waals surface area contributed by atoms with Crippen molar-refractivity contribution in [2.45, 2.75) is 51.1 Å². The molecular formula is C15H24N2S. The van der Waals surface area contributed by atoms with E-state index in [2.05, 4.69) is 21.7 Å². The minimum atomic E-state index is 0.829. The van der Waals surface area contributed by atoms with Gasteiger partial charge in [-0.3, -0.25) is 4.90 Å². The van der Waals surface area contributed by atoms with Crippen LogP contribution < -0.4 is 5.32 Å². The lowest BCUT2D eigenvalue weighted by Crippen LogP contribution is -2.33. The molecule has 1 aliphatic carbocycles. The first kappa shape index (κ1) is 12.6. The molecule has 2 heterocycles. The average Bonchev–Trinajstić information content (AvgIpc) is 3.05. The standard InChI is InChI=1S/C15H24N2S/c1-2-5-14(4-1)16-8-3-9-17-10-6-15-13(12-17)7-11-18-15/h7,11,14,16H,1-6,8-10,12H2. The van der Waals surface area contributed by atoms with E-state index in [1.807, 2.05) is 11.3 Å². The predicted molar refractivity (Wildman–Crippen MR) is 78.2 cm³/mol. The topological polar surface area (TPSA) is 15.3 Å². The monoisotopic (exact) mass is 264 g/mol. The zero-order chi connectivity index (χ0) is 12.2. The van der Waals surface area contributed by atoms with Crippen LogP contribution >= 0.6 is 11.3 Å². The Morgan fingerprint density at radius 3 is 3.11 bits per heavy atom. The number of hydrogen-bond donors (Lipinski definition) is 1. The normalized spacial score (nSPS) is 21.3. The summed E-state index contributed by atoms with van der Waals surface area (Å²) < 4.78 is 0. The molecule has 0 atom stereocenters. The lowest BCUT2D eigenvalue weighted by atomic mass is 10.1. The van der Waals surface area contributed by atoms with Crippen LogP contribution in [0.15, 0.2) is 11.4 Å². The molecule has 3 rings (SSSR count). The van der Waals surface area contributed by atoms with Gasteiger partial charge >= 0.3 is 0 Å². The van der Waals surface area contributed by atoms with Crippen LogP contribution in [0.3, 0.4) is 0 Å². The Balaban J connectivity index is 1.34. The van der Waals surface area contributed by atoms with Crippen LogP contribution in [0, 0.1) is 0 Å². The highest BCUT2D eigenvalue weighted by molar-refractivity contribution is 7.10. The minimum absolute atomic E-state index is 0.829. The van der Waals surface area contributed by atoms with E-state index >= 15 is 0 Å². The van der Waals surface area contributed by atoms with Crippen molar-refractivity contribution in [3.8, 4) is 0 Å². The average molecular weight is 264 g/mol. The first-order valence-electron chi connectivity index (χ1n) is 7.43. The van der Waals surface area contributed by atoms with Crippen molar-refractivity contribution >= 4 is 11.3 Å². The van der Waals surface area contributed by atoms with Gasteiger partial charge in [0.1, 0.15) is 0 Å². The van der Waals surface area contributed by atoms with Crippen LogP contribution in [0.5, 0.6) is 0 Å². The van der Waals surface area contributed by atoms with E-state index in [-0.39, 0.29) is 0 Å². The fourth-order valence-corrected chi connectivity index (χ4v) is 4.13. The summed E-state index contributed by atoms with van der Waals surface area (Å²) in [5.74, 6) is 0. The minimum Gasteiger partial charge on any atom is -0.314 e. The van der Waals surface area contributed by atoms with Gasteiger partial charge in [0.25, 0.3) is 0 Å². The first-order chi connectivity index (χ1) is 8.92. The van der Waals surface area contributed by atoms with Crippen molar-refractivity contribution in [2.24, 2.45) is 0 Å². The molecule has 0 unspecified atom stereocenters. The fourth-order valence-electron chi connectivity index (χ4n) is 3.24. The maximum atomic E-state index is 3.71. The van der Waals surface area contributed by atoms with Crippen molar-refractivity contribution in [1.82, 2.24) is 10.2 Å². The fraction of sp³-hybridized carbons (Fsp3) is 0.733. The molecular weight excluding hydrogens is 240 g/mol. The molecule has 1 aromatic rings. The summed E-state index contributed by atoms with van der Waals surface area (Å²) in [7, 11) is 0. The van der Waals surface area contributed by atoms with Gasteiger partial charge in [0.05, 0.1) is 0 Å². The summed E-state index contributed by atoms with van der Waals surface area (Å²) in [5.41, 5.74) is 1.58. The summed E-state index contributed by atoms with van der Waals surface area (Å²) in [5, 5.41) is 5.96. The Morgan fingerprint density at radius 2 is 2.22 bits per heavy atom. The van der Waals surface area contributed by atoms with E-state index in [0.29, 0.717) is 0 Å². The quantitative estimate of drug-likeness (QED) is 0.822. The lowest BCUT2D eigenvalue weighted by Gasteiger charge is -2.27. The molecule has 18 heavy (non-hydrogen) atoms. The zero-order valence-corrected chi connectivity index (χ0v) is 12.0. The predicted octanol–water partition coefficient (Wildman–Crippen LogP) is 3.03. The number of nitrogens with one attached hydrogen (secondary N) is 1. The Kier molecular flexibility index (Phi) is 4.34. The van der Waals surface area contributed by atoms with Crippen LogP contribution in [0.2, 0.25) is 0 Å². The van der Waals surface area contributed by atoms with Crippen LogP contribution in [0.1, 0.15) is 42.5 Å². The largest absolute Gasteiger partial charge is 0.314 e. The summed E-state index contributed by atoms with van der Waals surface area (Å²) in [4.78, 5) is 4.24. The molecule has 0 saturated heterocycles. The van der Waals surface area contributed by atoms with Gasteiger partial charge < -0.3 is 5.32 Å². The van der Waals surface area contributed by atoms with E-state index in [0.717, 1.165) is 6.04 Å². The smallest absolute Gasteiger partial charge is 0.0244 e. The molecule has 0 bridgehead atoms. The van der Waals surface area contributed by atoms with E-state index < -0.39 is 0 Å². The Bertz CT molecular complexity index is 368. The van der Waals surface area contributed by atoms with Crippen molar-refractivity contribution in [3.63, 3.8) is 0 Å². The van der Waals surface area contributed by atoms with E-state index in [9.17, 15) is 0 Å². The summed E-state index contributed by atoms with van der Waals surface area (Å²) in [6.45, 7) is 4.91. The molecule has 1 aromatic heterocycles. The van der Waals surface area contributed by atoms with Gasteiger partial charge in [0.15, 0.2) is 0 Å². The third kappa shape index (κ3) is 3.14. The third-order valence-corrected chi connectivity index (χ3v) is 5.35. The van der Waals surface area contributed by atoms with Crippen molar-refractivity contribution < 1.29 is 0 Å². The molecule has 0 aromatic carbocycles. The van der Waals surface area contributed by atoms with Gasteiger partial charge in [-0.2, -0.15) is 0 Å². The molecule has 3 heteroatoms. The van der Waals surface area contributed by atoms with Gasteiger partial charge in [0.2, 0.25) is 0 Å². The maximum absolute atomic E-state index is 3.71. The second kappa shape index (κ2) is 6.18. The SMILES string of the molecule is c1cc2c(s1)CCN(CCCNC1CCCC1)C2. The second-order valence-electron chi connectivity index (χ2n) is 5.68. The molecule has 2 nitrogen and oxygen atoms in total. The highest BCUT2D eigenvalue weighted by Gasteiger charge is 2.17. The van der Waals surface area contributed by atoms with Crippen molar-refractivity contribution in [1.29, 1.82) is 0 Å². The van der Waals surface area contributed by atoms with Crippen molar-refractivity contribution in [2.75, 3.05) is 19.6 Å². The highest BCUT2D eigenvalue weighted by atomic mass is 32.1. The van der Waals surface area contributed by atoms with Gasteiger partial charge in [-0.25, -0.2) is 0 Å². The molecule has 1 aliphatic heterocycles. The lowest BCUT2D eigenvalue weighted by molar-refractivity contribution is 0.250. The zero-order valence-electron chi connectivity index (χ0n) is 11.2. The highest BCUT2D eigenvalue weighted by Crippen LogP contribution is 2.23. The Morgan fingerprint density at radius 1 is 1.33 bits per heavy atom. The van der Waals surface area contributed by atoms with E-state index in [1.165, 1.54) is 64.7 Å². The number of rotatable bonds is 5. The number of thiophene rings is 1. The molecule has 1 N–H and O–H groups in total. The maximum Gasteiger partial charge on any atom is 0.0244 e. The van der Waals surface area contributed by atoms with Gasteiger partial charge in [-0.05, 0) is 55.8 Å². The van der Waals surface area contributed by atoms with Gasteiger partial charge in [-0.1, -0.05) is 12.8 Å². The number of fused-ring (bicyclic) bond motifs is 1. The van der Waals surface area contributed by atoms with Crippen LogP contribution in [-0.4, -0.2) is 30.6 Å². The third-order valence-electron chi connectivity index (χ3n) is 4.33. The molecule has 0 radical (unpaired) electrons. The molecule has 0 spiro atoms. The summed E-state index contributed by atoms with van der Waals surface area (Å²) in [6.07, 6.45) is 8.25. The number of hydrogen-bond acceptors (Lipinski definition) is 3. The van der Waals surface area contributed by atoms with Crippen LogP contribution in [-0.2, 0) is 13.0 Å². The molecule has 100 valence electrons. The Labute approximate surface area is 114 Å². The molecule has 1 fully saturated rings. The number of nitrogens with zero attached hydrogens (tertiary/aromatic N) is 1. The van der Waals surface area contributed by atoms with Gasteiger partial charge in [-0.15, -0.1) is 11.3 Å². The van der Waals surface area contributed by atoms with Crippen molar-refractivity contribution in [3.05, 3.63) is 21.9 Å². The molecule has 2 aliphatic rings. The summed E-state index contributed by atoms with van der Waals surface area (Å²) >= 11 is 1.93. The van der Waals surface area contributed by atoms with E-state index in [1.54, 1.807) is 10.4 Å². The van der Waals surface area contributed by atoms with Gasteiger partial charge in [0, 0.05) is 24.0 Å². The summed E-state index contributed by atoms with van der Waals surface area (Å²) in [6, 6.07) is 3.14. The van der Waals surface area contributed by atoms with E-state index in [4.69, 9.17) is 0 Å².